The Kier molecular flexibility index (Phi) is 2.88. The standard InChI is InChI=1S/C8H11NO3/c10-6-5-9-3-1-7(2-4-9)8(11)12/h1-3,10H,4-6H2,(H,11,12). The average Bonchev–Trinajstić information content (AvgIpc) is 2.06. The van der Waals surface area contributed by atoms with Gasteiger partial charge in [-0.2, -0.15) is 0 Å². The fraction of sp³-hybridized carbons (Fsp3) is 0.375. The summed E-state index contributed by atoms with van der Waals surface area (Å²) < 4.78 is 0. The number of nitrogens with zero attached hydrogens (tertiary/aromatic N) is 1. The van der Waals surface area contributed by atoms with Gasteiger partial charge in [-0.15, -0.1) is 0 Å². The van der Waals surface area contributed by atoms with Crippen molar-refractivity contribution in [3.8, 4) is 0 Å². The van der Waals surface area contributed by atoms with Gasteiger partial charge in [0.05, 0.1) is 12.2 Å². The van der Waals surface area contributed by atoms with Gasteiger partial charge in [0, 0.05) is 19.3 Å². The Balaban J connectivity index is 2.49. The third-order valence-corrected chi connectivity index (χ3v) is 1.64. The lowest BCUT2D eigenvalue weighted by Crippen LogP contribution is -2.24. The van der Waals surface area contributed by atoms with E-state index in [1.807, 2.05) is 4.90 Å². The van der Waals surface area contributed by atoms with Crippen LogP contribution in [0.5, 0.6) is 0 Å². The van der Waals surface area contributed by atoms with Crippen LogP contribution in [0.15, 0.2) is 23.9 Å². The maximum atomic E-state index is 10.4. The summed E-state index contributed by atoms with van der Waals surface area (Å²) in [5.41, 5.74) is 0.309. The van der Waals surface area contributed by atoms with E-state index in [1.54, 1.807) is 12.3 Å². The minimum absolute atomic E-state index is 0.0839. The normalized spacial score (nSPS) is 16.1. The molecule has 0 saturated carbocycles. The van der Waals surface area contributed by atoms with Gasteiger partial charge in [-0.3, -0.25) is 0 Å². The molecule has 1 heterocycles. The van der Waals surface area contributed by atoms with Crippen LogP contribution in [0.4, 0.5) is 0 Å². The second-order valence-corrected chi connectivity index (χ2v) is 2.50. The summed E-state index contributed by atoms with van der Waals surface area (Å²) in [5, 5.41) is 17.1. The molecule has 1 aliphatic heterocycles. The molecular weight excluding hydrogens is 158 g/mol. The summed E-state index contributed by atoms with van der Waals surface area (Å²) in [6.07, 6.45) is 4.83. The Morgan fingerprint density at radius 1 is 1.67 bits per heavy atom. The predicted molar refractivity (Wildman–Crippen MR) is 43.5 cm³/mol. The van der Waals surface area contributed by atoms with Gasteiger partial charge >= 0.3 is 5.97 Å². The quantitative estimate of drug-likeness (QED) is 0.615. The number of aliphatic hydroxyl groups excluding tert-OH is 1. The van der Waals surface area contributed by atoms with Gasteiger partial charge in [0.15, 0.2) is 0 Å². The molecule has 0 fully saturated rings. The van der Waals surface area contributed by atoms with E-state index in [4.69, 9.17) is 10.2 Å². The molecular formula is C8H11NO3. The summed E-state index contributed by atoms with van der Waals surface area (Å²) in [7, 11) is 0. The Labute approximate surface area is 70.4 Å². The summed E-state index contributed by atoms with van der Waals surface area (Å²) in [6.45, 7) is 1.18. The van der Waals surface area contributed by atoms with Crippen molar-refractivity contribution in [1.82, 2.24) is 4.90 Å². The van der Waals surface area contributed by atoms with E-state index < -0.39 is 5.97 Å². The van der Waals surface area contributed by atoms with E-state index >= 15 is 0 Å². The highest BCUT2D eigenvalue weighted by Crippen LogP contribution is 2.06. The molecule has 1 aliphatic rings. The molecule has 4 nitrogen and oxygen atoms in total. The maximum Gasteiger partial charge on any atom is 0.335 e. The van der Waals surface area contributed by atoms with Gasteiger partial charge < -0.3 is 15.1 Å². The lowest BCUT2D eigenvalue weighted by atomic mass is 10.2. The zero-order valence-electron chi connectivity index (χ0n) is 6.60. The highest BCUT2D eigenvalue weighted by atomic mass is 16.4. The first-order chi connectivity index (χ1) is 5.74. The summed E-state index contributed by atoms with van der Waals surface area (Å²) >= 11 is 0. The molecule has 1 rings (SSSR count). The van der Waals surface area contributed by atoms with Crippen LogP contribution in [0.1, 0.15) is 0 Å². The van der Waals surface area contributed by atoms with Gasteiger partial charge in [0.2, 0.25) is 0 Å². The van der Waals surface area contributed by atoms with E-state index in [0.29, 0.717) is 18.7 Å². The molecule has 66 valence electrons. The predicted octanol–water partition coefficient (Wildman–Crippen LogP) is -0.181. The van der Waals surface area contributed by atoms with Gasteiger partial charge in [0.25, 0.3) is 0 Å². The fourth-order valence-electron chi connectivity index (χ4n) is 0.983. The highest BCUT2D eigenvalue weighted by Gasteiger charge is 2.08. The van der Waals surface area contributed by atoms with E-state index in [0.717, 1.165) is 0 Å². The molecule has 0 spiro atoms. The Morgan fingerprint density at radius 3 is 2.83 bits per heavy atom. The second-order valence-electron chi connectivity index (χ2n) is 2.50. The highest BCUT2D eigenvalue weighted by molar-refractivity contribution is 5.90. The molecule has 4 heteroatoms. The van der Waals surface area contributed by atoms with E-state index in [1.165, 1.54) is 6.08 Å². The summed E-state index contributed by atoms with van der Waals surface area (Å²) in [4.78, 5) is 12.3. The first-order valence-corrected chi connectivity index (χ1v) is 3.70. The third kappa shape index (κ3) is 2.10. The number of aliphatic carboxylic acids is 1. The molecule has 0 aromatic heterocycles. The zero-order valence-corrected chi connectivity index (χ0v) is 6.60. The van der Waals surface area contributed by atoms with Crippen molar-refractivity contribution in [3.63, 3.8) is 0 Å². The van der Waals surface area contributed by atoms with E-state index in [-0.39, 0.29) is 6.61 Å². The van der Waals surface area contributed by atoms with Crippen molar-refractivity contribution in [2.75, 3.05) is 19.7 Å². The van der Waals surface area contributed by atoms with Crippen LogP contribution in [0.3, 0.4) is 0 Å². The van der Waals surface area contributed by atoms with Gasteiger partial charge in [-0.05, 0) is 6.08 Å². The van der Waals surface area contributed by atoms with Crippen LogP contribution in [0, 0.1) is 0 Å². The summed E-state index contributed by atoms with van der Waals surface area (Å²) in [5.74, 6) is -0.908. The van der Waals surface area contributed by atoms with Gasteiger partial charge in [-0.1, -0.05) is 6.08 Å². The van der Waals surface area contributed by atoms with Crippen molar-refractivity contribution < 1.29 is 15.0 Å². The molecule has 12 heavy (non-hydrogen) atoms. The van der Waals surface area contributed by atoms with Crippen LogP contribution in [-0.4, -0.2) is 40.8 Å². The molecule has 0 aromatic carbocycles. The van der Waals surface area contributed by atoms with Crippen LogP contribution >= 0.6 is 0 Å². The lowest BCUT2D eigenvalue weighted by molar-refractivity contribution is -0.132. The second kappa shape index (κ2) is 3.92. The Hall–Kier alpha value is -1.29. The Bertz CT molecular complexity index is 232. The van der Waals surface area contributed by atoms with Gasteiger partial charge in [-0.25, -0.2) is 4.79 Å². The topological polar surface area (TPSA) is 60.8 Å². The smallest absolute Gasteiger partial charge is 0.335 e. The molecule has 0 radical (unpaired) electrons. The molecule has 0 saturated heterocycles. The van der Waals surface area contributed by atoms with E-state index in [2.05, 4.69) is 0 Å². The number of aliphatic hydroxyl groups is 1. The molecule has 0 aromatic rings. The monoisotopic (exact) mass is 169 g/mol. The minimum atomic E-state index is -0.908. The van der Waals surface area contributed by atoms with E-state index in [9.17, 15) is 4.79 Å². The Morgan fingerprint density at radius 2 is 2.42 bits per heavy atom. The SMILES string of the molecule is O=C(O)C1=CCN(CCO)C=C1. The zero-order chi connectivity index (χ0) is 8.97. The number of hydrogen-bond acceptors (Lipinski definition) is 3. The minimum Gasteiger partial charge on any atom is -0.478 e. The van der Waals surface area contributed by atoms with Crippen LogP contribution < -0.4 is 0 Å². The average molecular weight is 169 g/mol. The third-order valence-electron chi connectivity index (χ3n) is 1.64. The molecule has 2 N–H and O–H groups in total. The maximum absolute atomic E-state index is 10.4. The van der Waals surface area contributed by atoms with Crippen LogP contribution in [0.25, 0.3) is 0 Å². The van der Waals surface area contributed by atoms with Crippen molar-refractivity contribution in [1.29, 1.82) is 0 Å². The molecule has 0 aliphatic carbocycles. The van der Waals surface area contributed by atoms with Crippen molar-refractivity contribution in [2.45, 2.75) is 0 Å². The number of carboxylic acids is 1. The molecule has 0 atom stereocenters. The fourth-order valence-corrected chi connectivity index (χ4v) is 0.983. The molecule has 0 bridgehead atoms. The van der Waals surface area contributed by atoms with Crippen molar-refractivity contribution >= 4 is 5.97 Å². The van der Waals surface area contributed by atoms with Crippen LogP contribution in [-0.2, 0) is 4.79 Å². The van der Waals surface area contributed by atoms with Crippen LogP contribution in [0.2, 0.25) is 0 Å². The van der Waals surface area contributed by atoms with Crippen molar-refractivity contribution in [2.24, 2.45) is 0 Å². The largest absolute Gasteiger partial charge is 0.478 e. The number of rotatable bonds is 3. The summed E-state index contributed by atoms with van der Waals surface area (Å²) in [6, 6.07) is 0. The number of β-amino-alcohol motifs (C(OH)–C–C–N with tert-alkyl or cyclic N) is 1. The number of carboxylic acid groups (broad SMARTS) is 1. The lowest BCUT2D eigenvalue weighted by Gasteiger charge is -2.20. The number of carbonyl (C=O) groups is 1. The first-order valence-electron chi connectivity index (χ1n) is 3.70. The molecule has 0 amide bonds. The number of hydrogen-bond donors (Lipinski definition) is 2. The van der Waals surface area contributed by atoms with Gasteiger partial charge in [0.1, 0.15) is 0 Å². The molecule has 0 unspecified atom stereocenters. The van der Waals surface area contributed by atoms with Crippen molar-refractivity contribution in [3.05, 3.63) is 23.9 Å². The first kappa shape index (κ1) is 8.80.